The van der Waals surface area contributed by atoms with Crippen LogP contribution in [0.1, 0.15) is 28.8 Å². The van der Waals surface area contributed by atoms with E-state index in [9.17, 15) is 4.79 Å². The molecule has 2 aromatic heterocycles. The summed E-state index contributed by atoms with van der Waals surface area (Å²) in [7, 11) is 0. The topological polar surface area (TPSA) is 86.7 Å². The fourth-order valence-electron chi connectivity index (χ4n) is 1.33. The Balaban J connectivity index is 2.64. The lowest BCUT2D eigenvalue weighted by molar-refractivity contribution is 0.100. The number of carbonyl (C=O) groups is 1. The number of hydrogen-bond acceptors (Lipinski definition) is 6. The SMILES string of the molecule is CC(=O)c1c(C)nnn1-c1nonc1C. The lowest BCUT2D eigenvalue weighted by Gasteiger charge is -1.98. The second kappa shape index (κ2) is 3.26. The standard InChI is InChI=1S/C8H9N5O2/c1-4-7(6(3)14)13(12-9-4)8-5(2)10-15-11-8/h1-3H3. The molecule has 0 spiro atoms. The van der Waals surface area contributed by atoms with Gasteiger partial charge >= 0.3 is 0 Å². The van der Waals surface area contributed by atoms with Crippen LogP contribution in [0.4, 0.5) is 0 Å². The molecule has 78 valence electrons. The van der Waals surface area contributed by atoms with E-state index in [-0.39, 0.29) is 5.78 Å². The van der Waals surface area contributed by atoms with Gasteiger partial charge in [0, 0.05) is 6.92 Å². The molecule has 2 aromatic rings. The highest BCUT2D eigenvalue weighted by molar-refractivity contribution is 5.93. The third-order valence-electron chi connectivity index (χ3n) is 2.00. The fourth-order valence-corrected chi connectivity index (χ4v) is 1.33. The van der Waals surface area contributed by atoms with Gasteiger partial charge in [0.05, 0.1) is 5.69 Å². The van der Waals surface area contributed by atoms with Crippen molar-refractivity contribution in [3.05, 3.63) is 17.1 Å². The van der Waals surface area contributed by atoms with Crippen LogP contribution in [0, 0.1) is 13.8 Å². The van der Waals surface area contributed by atoms with E-state index < -0.39 is 0 Å². The molecule has 7 nitrogen and oxygen atoms in total. The smallest absolute Gasteiger partial charge is 0.222 e. The zero-order valence-corrected chi connectivity index (χ0v) is 8.55. The summed E-state index contributed by atoms with van der Waals surface area (Å²) in [6, 6.07) is 0. The number of aromatic nitrogens is 5. The van der Waals surface area contributed by atoms with Crippen LogP contribution in [0.2, 0.25) is 0 Å². The van der Waals surface area contributed by atoms with Gasteiger partial charge < -0.3 is 0 Å². The van der Waals surface area contributed by atoms with Crippen LogP contribution in [0.15, 0.2) is 4.63 Å². The Labute approximate surface area is 85.0 Å². The van der Waals surface area contributed by atoms with Crippen molar-refractivity contribution in [3.63, 3.8) is 0 Å². The number of hydrogen-bond donors (Lipinski definition) is 0. The Hall–Kier alpha value is -2.05. The molecule has 0 aliphatic carbocycles. The molecule has 7 heteroatoms. The van der Waals surface area contributed by atoms with Crippen molar-refractivity contribution >= 4 is 5.78 Å². The monoisotopic (exact) mass is 207 g/mol. The number of ketones is 1. The minimum atomic E-state index is -0.125. The summed E-state index contributed by atoms with van der Waals surface area (Å²) >= 11 is 0. The van der Waals surface area contributed by atoms with Crippen LogP contribution in [0.3, 0.4) is 0 Å². The minimum absolute atomic E-state index is 0.125. The zero-order valence-electron chi connectivity index (χ0n) is 8.55. The summed E-state index contributed by atoms with van der Waals surface area (Å²) in [6.07, 6.45) is 0. The van der Waals surface area contributed by atoms with Crippen molar-refractivity contribution in [1.82, 2.24) is 25.3 Å². The highest BCUT2D eigenvalue weighted by Crippen LogP contribution is 2.13. The molecule has 0 saturated heterocycles. The van der Waals surface area contributed by atoms with E-state index in [0.717, 1.165) is 0 Å². The first-order chi connectivity index (χ1) is 7.11. The van der Waals surface area contributed by atoms with Gasteiger partial charge in [-0.15, -0.1) is 5.10 Å². The van der Waals surface area contributed by atoms with Gasteiger partial charge in [0.2, 0.25) is 5.82 Å². The molecule has 0 aliphatic rings. The molecule has 0 amide bonds. The lowest BCUT2D eigenvalue weighted by Crippen LogP contribution is -2.08. The van der Waals surface area contributed by atoms with Crippen molar-refractivity contribution in [2.45, 2.75) is 20.8 Å². The van der Waals surface area contributed by atoms with Crippen LogP contribution in [0.5, 0.6) is 0 Å². The lowest BCUT2D eigenvalue weighted by atomic mass is 10.2. The van der Waals surface area contributed by atoms with Gasteiger partial charge in [-0.25, -0.2) is 4.63 Å². The van der Waals surface area contributed by atoms with E-state index in [1.54, 1.807) is 13.8 Å². The number of nitrogens with zero attached hydrogens (tertiary/aromatic N) is 5. The fraction of sp³-hybridized carbons (Fsp3) is 0.375. The van der Waals surface area contributed by atoms with Crippen molar-refractivity contribution in [2.75, 3.05) is 0 Å². The number of rotatable bonds is 2. The van der Waals surface area contributed by atoms with Crippen molar-refractivity contribution in [1.29, 1.82) is 0 Å². The Morgan fingerprint density at radius 1 is 1.27 bits per heavy atom. The molecular weight excluding hydrogens is 198 g/mol. The quantitative estimate of drug-likeness (QED) is 0.665. The van der Waals surface area contributed by atoms with Gasteiger partial charge in [0.15, 0.2) is 5.78 Å². The summed E-state index contributed by atoms with van der Waals surface area (Å²) in [5.41, 5.74) is 1.51. The van der Waals surface area contributed by atoms with E-state index in [4.69, 9.17) is 0 Å². The maximum atomic E-state index is 11.4. The van der Waals surface area contributed by atoms with E-state index in [1.807, 2.05) is 0 Å². The van der Waals surface area contributed by atoms with E-state index >= 15 is 0 Å². The first-order valence-electron chi connectivity index (χ1n) is 4.34. The molecular formula is C8H9N5O2. The van der Waals surface area contributed by atoms with Crippen LogP contribution in [-0.2, 0) is 0 Å². The molecule has 0 bridgehead atoms. The van der Waals surface area contributed by atoms with Gasteiger partial charge in [0.25, 0.3) is 0 Å². The highest BCUT2D eigenvalue weighted by atomic mass is 16.6. The van der Waals surface area contributed by atoms with Gasteiger partial charge in [0.1, 0.15) is 11.4 Å². The largest absolute Gasteiger partial charge is 0.293 e. The maximum absolute atomic E-state index is 11.4. The summed E-state index contributed by atoms with van der Waals surface area (Å²) in [6.45, 7) is 4.88. The number of carbonyl (C=O) groups excluding carboxylic acids is 1. The molecule has 0 unspecified atom stereocenters. The third-order valence-corrected chi connectivity index (χ3v) is 2.00. The van der Waals surface area contributed by atoms with E-state index in [1.165, 1.54) is 11.6 Å². The minimum Gasteiger partial charge on any atom is -0.293 e. The van der Waals surface area contributed by atoms with Crippen LogP contribution < -0.4 is 0 Å². The third kappa shape index (κ3) is 1.41. The van der Waals surface area contributed by atoms with Crippen molar-refractivity contribution < 1.29 is 9.42 Å². The molecule has 0 N–H and O–H groups in total. The van der Waals surface area contributed by atoms with Crippen molar-refractivity contribution in [3.8, 4) is 5.82 Å². The summed E-state index contributed by atoms with van der Waals surface area (Å²) in [4.78, 5) is 11.4. The Morgan fingerprint density at radius 2 is 2.00 bits per heavy atom. The summed E-state index contributed by atoms with van der Waals surface area (Å²) in [5.74, 6) is 0.265. The number of aryl methyl sites for hydroxylation is 2. The van der Waals surface area contributed by atoms with Gasteiger partial charge in [-0.05, 0) is 19.0 Å². The molecule has 0 aliphatic heterocycles. The van der Waals surface area contributed by atoms with Gasteiger partial charge in [-0.2, -0.15) is 4.68 Å². The number of Topliss-reactive ketones (excluding diaryl/α,β-unsaturated/α-hetero) is 1. The Bertz CT molecular complexity index is 513. The molecule has 0 saturated carbocycles. The van der Waals surface area contributed by atoms with E-state index in [2.05, 4.69) is 25.3 Å². The molecule has 0 atom stereocenters. The van der Waals surface area contributed by atoms with Crippen LogP contribution in [0.25, 0.3) is 5.82 Å². The Morgan fingerprint density at radius 3 is 2.53 bits per heavy atom. The molecule has 0 aromatic carbocycles. The first kappa shape index (κ1) is 9.50. The van der Waals surface area contributed by atoms with Crippen molar-refractivity contribution in [2.24, 2.45) is 0 Å². The van der Waals surface area contributed by atoms with Gasteiger partial charge in [-0.1, -0.05) is 10.4 Å². The van der Waals surface area contributed by atoms with Crippen LogP contribution in [-0.4, -0.2) is 31.1 Å². The predicted molar refractivity (Wildman–Crippen MR) is 48.7 cm³/mol. The van der Waals surface area contributed by atoms with Crippen LogP contribution >= 0.6 is 0 Å². The predicted octanol–water partition coefficient (Wildman–Crippen LogP) is 0.470. The average Bonchev–Trinajstić information content (AvgIpc) is 2.71. The van der Waals surface area contributed by atoms with Gasteiger partial charge in [-0.3, -0.25) is 4.79 Å². The molecule has 2 heterocycles. The second-order valence-electron chi connectivity index (χ2n) is 3.16. The second-order valence-corrected chi connectivity index (χ2v) is 3.16. The average molecular weight is 207 g/mol. The molecule has 2 rings (SSSR count). The molecule has 0 radical (unpaired) electrons. The first-order valence-corrected chi connectivity index (χ1v) is 4.34. The zero-order chi connectivity index (χ0) is 11.0. The molecule has 15 heavy (non-hydrogen) atoms. The van der Waals surface area contributed by atoms with E-state index in [0.29, 0.717) is 22.9 Å². The molecule has 0 fully saturated rings. The summed E-state index contributed by atoms with van der Waals surface area (Å²) < 4.78 is 5.88. The summed E-state index contributed by atoms with van der Waals surface area (Å²) in [5, 5.41) is 14.9. The maximum Gasteiger partial charge on any atom is 0.222 e. The highest BCUT2D eigenvalue weighted by Gasteiger charge is 2.19. The normalized spacial score (nSPS) is 10.6. The Kier molecular flexibility index (Phi) is 2.07.